The molecule has 0 amide bonds. The molecule has 1 aliphatic carbocycles. The molecule has 7 heteroatoms. The molecular formula is C14H14O7. The van der Waals surface area contributed by atoms with E-state index in [2.05, 4.69) is 0 Å². The number of carbonyl (C=O) groups excluding carboxylic acids is 1. The van der Waals surface area contributed by atoms with Gasteiger partial charge in [0.25, 0.3) is 6.48 Å². The molecule has 1 aromatic carbocycles. The molecule has 3 aliphatic heterocycles. The number of rotatable bonds is 2. The predicted octanol–water partition coefficient (Wildman–Crippen LogP) is -0.586. The molecular weight excluding hydrogens is 280 g/mol. The van der Waals surface area contributed by atoms with Crippen LogP contribution in [0.15, 0.2) is 30.3 Å². The summed E-state index contributed by atoms with van der Waals surface area (Å²) in [6.45, 7) is -0.927. The van der Waals surface area contributed by atoms with Gasteiger partial charge in [-0.05, 0) is 12.1 Å². The lowest BCUT2D eigenvalue weighted by atomic mass is 9.82. The molecule has 4 aliphatic rings. The molecule has 3 heterocycles. The highest BCUT2D eigenvalue weighted by Crippen LogP contribution is 2.41. The minimum atomic E-state index is -1.06. The lowest BCUT2D eigenvalue weighted by Crippen LogP contribution is -2.75. The van der Waals surface area contributed by atoms with Gasteiger partial charge in [-0.25, -0.2) is 4.79 Å². The van der Waals surface area contributed by atoms with Crippen molar-refractivity contribution < 1.29 is 34.0 Å². The van der Waals surface area contributed by atoms with E-state index in [0.717, 1.165) is 0 Å². The summed E-state index contributed by atoms with van der Waals surface area (Å²) in [7, 11) is 0. The molecule has 4 unspecified atom stereocenters. The maximum absolute atomic E-state index is 12.1. The van der Waals surface area contributed by atoms with Gasteiger partial charge in [0.2, 0.25) is 0 Å². The molecule has 4 fully saturated rings. The van der Waals surface area contributed by atoms with Gasteiger partial charge in [0, 0.05) is 0 Å². The summed E-state index contributed by atoms with van der Waals surface area (Å²) in [6.07, 6.45) is -5.31. The number of aliphatic hydroxyl groups excluding tert-OH is 2. The molecule has 1 saturated carbocycles. The van der Waals surface area contributed by atoms with Gasteiger partial charge in [0.15, 0.2) is 6.10 Å². The van der Waals surface area contributed by atoms with Gasteiger partial charge in [-0.3, -0.25) is 0 Å². The van der Waals surface area contributed by atoms with Crippen molar-refractivity contribution in [2.24, 2.45) is 0 Å². The average molecular weight is 294 g/mol. The Balaban J connectivity index is 1.56. The van der Waals surface area contributed by atoms with E-state index in [4.69, 9.17) is 18.9 Å². The highest BCUT2D eigenvalue weighted by Gasteiger charge is 2.62. The van der Waals surface area contributed by atoms with Gasteiger partial charge in [-0.2, -0.15) is 0 Å². The minimum Gasteiger partial charge on any atom is -0.453 e. The van der Waals surface area contributed by atoms with Gasteiger partial charge in [0.1, 0.15) is 30.5 Å². The highest BCUT2D eigenvalue weighted by molar-refractivity contribution is 5.89. The number of carbonyl (C=O) groups is 1. The van der Waals surface area contributed by atoms with E-state index in [1.165, 1.54) is 0 Å². The Labute approximate surface area is 120 Å². The molecule has 3 saturated heterocycles. The van der Waals surface area contributed by atoms with Gasteiger partial charge in [-0.1, -0.05) is 18.2 Å². The van der Waals surface area contributed by atoms with Crippen LogP contribution in [0.3, 0.4) is 0 Å². The zero-order chi connectivity index (χ0) is 14.6. The maximum Gasteiger partial charge on any atom is 0.338 e. The summed E-state index contributed by atoms with van der Waals surface area (Å²) in [5.41, 5.74) is 0.381. The maximum atomic E-state index is 12.1. The van der Waals surface area contributed by atoms with Crippen molar-refractivity contribution in [3.63, 3.8) is 0 Å². The first-order chi connectivity index (χ1) is 10.1. The second-order valence-corrected chi connectivity index (χ2v) is 5.31. The van der Waals surface area contributed by atoms with Crippen molar-refractivity contribution >= 4 is 5.97 Å². The van der Waals surface area contributed by atoms with Crippen LogP contribution in [-0.2, 0) is 18.9 Å². The smallest absolute Gasteiger partial charge is 0.338 e. The first-order valence-electron chi connectivity index (χ1n) is 6.74. The molecule has 1 aromatic rings. The Morgan fingerprint density at radius 2 is 1.52 bits per heavy atom. The van der Waals surface area contributed by atoms with Gasteiger partial charge < -0.3 is 29.2 Å². The quantitative estimate of drug-likeness (QED) is 0.704. The van der Waals surface area contributed by atoms with Crippen LogP contribution < -0.4 is 0 Å². The van der Waals surface area contributed by atoms with Crippen LogP contribution in [0, 0.1) is 0 Å². The second kappa shape index (κ2) is 4.75. The van der Waals surface area contributed by atoms with E-state index >= 15 is 0 Å². The van der Waals surface area contributed by atoms with Crippen LogP contribution in [0.5, 0.6) is 0 Å². The molecule has 2 N–H and O–H groups in total. The normalized spacial score (nSPS) is 43.8. The number of benzene rings is 1. The first-order valence-corrected chi connectivity index (χ1v) is 6.74. The van der Waals surface area contributed by atoms with Gasteiger partial charge in [0.05, 0.1) is 5.56 Å². The molecule has 0 aromatic heterocycles. The molecule has 5 rings (SSSR count). The van der Waals surface area contributed by atoms with Gasteiger partial charge >= 0.3 is 5.97 Å². The third-order valence-electron chi connectivity index (χ3n) is 4.05. The second-order valence-electron chi connectivity index (χ2n) is 5.31. The van der Waals surface area contributed by atoms with E-state index < -0.39 is 49.1 Å². The first kappa shape index (κ1) is 13.2. The Morgan fingerprint density at radius 1 is 0.952 bits per heavy atom. The van der Waals surface area contributed by atoms with Crippen LogP contribution in [0.25, 0.3) is 0 Å². The fourth-order valence-corrected chi connectivity index (χ4v) is 3.01. The van der Waals surface area contributed by atoms with Crippen LogP contribution in [0.2, 0.25) is 0 Å². The standard InChI is InChI=1S/C14H14O7/c15-7-9-8(16)11-12(10(7)20-14(19-9)21-11)18-13(17)6-4-2-1-3-5-6/h1-5,7-12,14-16H/t7?,8?,9-,10?,11?,12+,14+. The topological polar surface area (TPSA) is 94.5 Å². The van der Waals surface area contributed by atoms with E-state index in [1.54, 1.807) is 30.3 Å². The number of aliphatic hydroxyl groups is 2. The van der Waals surface area contributed by atoms with Crippen molar-refractivity contribution in [1.82, 2.24) is 0 Å². The Morgan fingerprint density at radius 3 is 2.14 bits per heavy atom. The fraction of sp³-hybridized carbons (Fsp3) is 0.500. The third kappa shape index (κ3) is 1.97. The van der Waals surface area contributed by atoms with Crippen molar-refractivity contribution in [1.29, 1.82) is 0 Å². The summed E-state index contributed by atoms with van der Waals surface area (Å²) < 4.78 is 21.3. The molecule has 112 valence electrons. The minimum absolute atomic E-state index is 0.381. The number of hydrogen-bond donors (Lipinski definition) is 2. The molecule has 4 bridgehead atoms. The number of hydrogen-bond acceptors (Lipinski definition) is 7. The van der Waals surface area contributed by atoms with Crippen LogP contribution >= 0.6 is 0 Å². The van der Waals surface area contributed by atoms with Crippen molar-refractivity contribution in [2.75, 3.05) is 0 Å². The Hall–Kier alpha value is -1.51. The molecule has 21 heavy (non-hydrogen) atoms. The van der Waals surface area contributed by atoms with Crippen molar-refractivity contribution in [3.8, 4) is 0 Å². The van der Waals surface area contributed by atoms with E-state index in [-0.39, 0.29) is 0 Å². The van der Waals surface area contributed by atoms with Crippen LogP contribution in [-0.4, -0.2) is 59.3 Å². The van der Waals surface area contributed by atoms with E-state index in [0.29, 0.717) is 5.56 Å². The summed E-state index contributed by atoms with van der Waals surface area (Å²) in [5.74, 6) is -0.555. The summed E-state index contributed by atoms with van der Waals surface area (Å²) in [4.78, 5) is 12.1. The predicted molar refractivity (Wildman–Crippen MR) is 66.1 cm³/mol. The number of esters is 1. The SMILES string of the molecule is O=C(O[C@H]1C2O[C@H]3OC1C(O)[C@H](O3)C2O)c1ccccc1. The fourth-order valence-electron chi connectivity index (χ4n) is 3.01. The third-order valence-corrected chi connectivity index (χ3v) is 4.05. The largest absolute Gasteiger partial charge is 0.453 e. The molecule has 7 nitrogen and oxygen atoms in total. The van der Waals surface area contributed by atoms with Gasteiger partial charge in [-0.15, -0.1) is 0 Å². The van der Waals surface area contributed by atoms with Crippen LogP contribution in [0.4, 0.5) is 0 Å². The molecule has 4 atom stereocenters. The number of ether oxygens (including phenoxy) is 4. The summed E-state index contributed by atoms with van der Waals surface area (Å²) >= 11 is 0. The van der Waals surface area contributed by atoms with Crippen LogP contribution in [0.1, 0.15) is 10.4 Å². The Bertz CT molecular complexity index is 528. The lowest BCUT2D eigenvalue weighted by Gasteiger charge is -2.56. The monoisotopic (exact) mass is 294 g/mol. The van der Waals surface area contributed by atoms with E-state index in [1.807, 2.05) is 0 Å². The average Bonchev–Trinajstić information content (AvgIpc) is 2.51. The zero-order valence-corrected chi connectivity index (χ0v) is 10.9. The summed E-state index contributed by atoms with van der Waals surface area (Å²) in [5, 5.41) is 20.2. The van der Waals surface area contributed by atoms with Crippen molar-refractivity contribution in [3.05, 3.63) is 35.9 Å². The zero-order valence-electron chi connectivity index (χ0n) is 10.9. The highest BCUT2D eigenvalue weighted by atomic mass is 16.9. The molecule has 0 spiro atoms. The summed E-state index contributed by atoms with van der Waals surface area (Å²) in [6, 6.07) is 8.47. The van der Waals surface area contributed by atoms with E-state index in [9.17, 15) is 15.0 Å². The van der Waals surface area contributed by atoms with Crippen molar-refractivity contribution in [2.45, 2.75) is 43.1 Å². The molecule has 0 radical (unpaired) electrons. The Kier molecular flexibility index (Phi) is 2.98. The lowest BCUT2D eigenvalue weighted by molar-refractivity contribution is -0.480.